The molecule has 0 bridgehead atoms. The van der Waals surface area contributed by atoms with Gasteiger partial charge in [0.25, 0.3) is 0 Å². The molecule has 1 aliphatic rings. The molecule has 0 saturated carbocycles. The summed E-state index contributed by atoms with van der Waals surface area (Å²) in [7, 11) is 2.21. The molecule has 2 nitrogen and oxygen atoms in total. The summed E-state index contributed by atoms with van der Waals surface area (Å²) in [5.41, 5.74) is 4.48. The van der Waals surface area contributed by atoms with Gasteiger partial charge in [-0.3, -0.25) is 4.90 Å². The Hall–Kier alpha value is -1.28. The average Bonchev–Trinajstić information content (AvgIpc) is 2.65. The van der Waals surface area contributed by atoms with Crippen LogP contribution in [0.4, 0.5) is 0 Å². The van der Waals surface area contributed by atoms with Gasteiger partial charge in [-0.25, -0.2) is 0 Å². The first-order valence-corrected chi connectivity index (χ1v) is 6.58. The Bertz CT molecular complexity index is 539. The highest BCUT2D eigenvalue weighted by atomic mass is 15.1. The summed E-state index contributed by atoms with van der Waals surface area (Å²) in [5.74, 6) is 0. The third-order valence-electron chi connectivity index (χ3n) is 3.93. The van der Waals surface area contributed by atoms with Crippen molar-refractivity contribution in [3.63, 3.8) is 0 Å². The number of hydrogen-bond acceptors (Lipinski definition) is 1. The van der Waals surface area contributed by atoms with Crippen molar-refractivity contribution in [1.29, 1.82) is 0 Å². The molecule has 1 aliphatic heterocycles. The molecule has 0 radical (unpaired) electrons. The molecule has 90 valence electrons. The minimum atomic E-state index is 1.13. The molecule has 2 heteroatoms. The van der Waals surface area contributed by atoms with Crippen LogP contribution in [0.1, 0.15) is 24.6 Å². The molecule has 1 aromatic carbocycles. The molecule has 2 aromatic rings. The summed E-state index contributed by atoms with van der Waals surface area (Å²) in [6, 6.07) is 8.79. The molecule has 0 N–H and O–H groups in total. The minimum absolute atomic E-state index is 1.13. The second kappa shape index (κ2) is 4.19. The van der Waals surface area contributed by atoms with E-state index in [0.717, 1.165) is 6.54 Å². The molecule has 0 amide bonds. The topological polar surface area (TPSA) is 8.17 Å². The molecular formula is C15H20N2. The monoisotopic (exact) mass is 228 g/mol. The summed E-state index contributed by atoms with van der Waals surface area (Å²) < 4.78 is 2.38. The highest BCUT2D eigenvalue weighted by Gasteiger charge is 2.21. The van der Waals surface area contributed by atoms with Crippen LogP contribution in [0.15, 0.2) is 24.3 Å². The third-order valence-corrected chi connectivity index (χ3v) is 3.93. The molecule has 0 saturated heterocycles. The van der Waals surface area contributed by atoms with Gasteiger partial charge < -0.3 is 4.57 Å². The van der Waals surface area contributed by atoms with Gasteiger partial charge in [-0.15, -0.1) is 0 Å². The Balaban J connectivity index is 2.09. The van der Waals surface area contributed by atoms with Gasteiger partial charge in [0.2, 0.25) is 0 Å². The lowest BCUT2D eigenvalue weighted by Crippen LogP contribution is -2.31. The van der Waals surface area contributed by atoms with Gasteiger partial charge in [-0.05, 0) is 24.6 Å². The van der Waals surface area contributed by atoms with Crippen LogP contribution in [0.3, 0.4) is 0 Å². The quantitative estimate of drug-likeness (QED) is 0.767. The minimum Gasteiger partial charge on any atom is -0.347 e. The number of nitrogens with zero attached hydrogens (tertiary/aromatic N) is 2. The lowest BCUT2D eigenvalue weighted by atomic mass is 10.0. The number of para-hydroxylation sites is 1. The molecular weight excluding hydrogens is 208 g/mol. The van der Waals surface area contributed by atoms with Gasteiger partial charge >= 0.3 is 0 Å². The van der Waals surface area contributed by atoms with E-state index in [1.807, 2.05) is 0 Å². The standard InChI is InChI=1S/C15H20N2/c1-3-9-17-10-8-15-13(11-17)12-6-4-5-7-14(12)16(15)2/h4-7H,3,8-11H2,1-2H3. The Labute approximate surface area is 103 Å². The van der Waals surface area contributed by atoms with Crippen LogP contribution in [0.25, 0.3) is 10.9 Å². The summed E-state index contributed by atoms with van der Waals surface area (Å²) in [6.07, 6.45) is 2.45. The molecule has 2 heterocycles. The summed E-state index contributed by atoms with van der Waals surface area (Å²) in [5, 5.41) is 1.45. The number of fused-ring (bicyclic) bond motifs is 3. The number of benzene rings is 1. The highest BCUT2D eigenvalue weighted by molar-refractivity contribution is 5.85. The van der Waals surface area contributed by atoms with Crippen molar-refractivity contribution in [2.24, 2.45) is 7.05 Å². The molecule has 1 aromatic heterocycles. The average molecular weight is 228 g/mol. The molecule has 17 heavy (non-hydrogen) atoms. The van der Waals surface area contributed by atoms with Crippen molar-refractivity contribution in [2.75, 3.05) is 13.1 Å². The zero-order valence-corrected chi connectivity index (χ0v) is 10.7. The van der Waals surface area contributed by atoms with E-state index < -0.39 is 0 Å². The zero-order chi connectivity index (χ0) is 11.8. The van der Waals surface area contributed by atoms with Gasteiger partial charge in [-0.2, -0.15) is 0 Å². The second-order valence-corrected chi connectivity index (χ2v) is 5.03. The number of aryl methyl sites for hydroxylation is 1. The summed E-state index contributed by atoms with van der Waals surface area (Å²) >= 11 is 0. The zero-order valence-electron chi connectivity index (χ0n) is 10.7. The first-order valence-electron chi connectivity index (χ1n) is 6.58. The summed E-state index contributed by atoms with van der Waals surface area (Å²) in [4.78, 5) is 2.58. The van der Waals surface area contributed by atoms with E-state index in [2.05, 4.69) is 47.7 Å². The predicted molar refractivity (Wildman–Crippen MR) is 72.2 cm³/mol. The van der Waals surface area contributed by atoms with E-state index >= 15 is 0 Å². The van der Waals surface area contributed by atoms with E-state index in [9.17, 15) is 0 Å². The maximum absolute atomic E-state index is 2.58. The molecule has 0 fully saturated rings. The van der Waals surface area contributed by atoms with Crippen molar-refractivity contribution < 1.29 is 0 Å². The van der Waals surface area contributed by atoms with Crippen molar-refractivity contribution in [1.82, 2.24) is 9.47 Å². The van der Waals surface area contributed by atoms with Crippen LogP contribution >= 0.6 is 0 Å². The van der Waals surface area contributed by atoms with Crippen LogP contribution in [0.2, 0.25) is 0 Å². The van der Waals surface area contributed by atoms with E-state index in [1.54, 1.807) is 11.3 Å². The Morgan fingerprint density at radius 1 is 1.24 bits per heavy atom. The van der Waals surface area contributed by atoms with Crippen molar-refractivity contribution >= 4 is 10.9 Å². The molecule has 3 rings (SSSR count). The Kier molecular flexibility index (Phi) is 2.67. The lowest BCUT2D eigenvalue weighted by molar-refractivity contribution is 0.253. The third kappa shape index (κ3) is 1.67. The van der Waals surface area contributed by atoms with E-state index in [4.69, 9.17) is 0 Å². The number of rotatable bonds is 2. The second-order valence-electron chi connectivity index (χ2n) is 5.03. The molecule has 0 unspecified atom stereocenters. The number of aromatic nitrogens is 1. The Morgan fingerprint density at radius 2 is 2.06 bits per heavy atom. The lowest BCUT2D eigenvalue weighted by Gasteiger charge is -2.27. The molecule has 0 aliphatic carbocycles. The fourth-order valence-electron chi connectivity index (χ4n) is 3.09. The van der Waals surface area contributed by atoms with Crippen LogP contribution in [0.5, 0.6) is 0 Å². The van der Waals surface area contributed by atoms with Gasteiger partial charge in [-0.1, -0.05) is 25.1 Å². The van der Waals surface area contributed by atoms with Crippen LogP contribution in [-0.2, 0) is 20.0 Å². The Morgan fingerprint density at radius 3 is 2.88 bits per heavy atom. The largest absolute Gasteiger partial charge is 0.347 e. The van der Waals surface area contributed by atoms with E-state index in [-0.39, 0.29) is 0 Å². The first-order chi connectivity index (χ1) is 8.31. The SMILES string of the molecule is CCCN1CCc2c(c3ccccc3n2C)C1. The molecule has 0 atom stereocenters. The van der Waals surface area contributed by atoms with Crippen molar-refractivity contribution in [3.8, 4) is 0 Å². The van der Waals surface area contributed by atoms with Gasteiger partial charge in [0, 0.05) is 43.2 Å². The van der Waals surface area contributed by atoms with Gasteiger partial charge in [0.05, 0.1) is 0 Å². The molecule has 0 spiro atoms. The fourth-order valence-corrected chi connectivity index (χ4v) is 3.09. The predicted octanol–water partition coefficient (Wildman–Crippen LogP) is 2.95. The van der Waals surface area contributed by atoms with Crippen LogP contribution in [0, 0.1) is 0 Å². The maximum atomic E-state index is 2.58. The highest BCUT2D eigenvalue weighted by Crippen LogP contribution is 2.29. The normalized spacial score (nSPS) is 16.4. The van der Waals surface area contributed by atoms with Crippen molar-refractivity contribution in [2.45, 2.75) is 26.3 Å². The van der Waals surface area contributed by atoms with E-state index in [0.29, 0.717) is 0 Å². The van der Waals surface area contributed by atoms with Crippen LogP contribution in [-0.4, -0.2) is 22.6 Å². The fraction of sp³-hybridized carbons (Fsp3) is 0.467. The van der Waals surface area contributed by atoms with E-state index in [1.165, 1.54) is 36.8 Å². The van der Waals surface area contributed by atoms with Gasteiger partial charge in [0.15, 0.2) is 0 Å². The number of hydrogen-bond donors (Lipinski definition) is 0. The van der Waals surface area contributed by atoms with Gasteiger partial charge in [0.1, 0.15) is 0 Å². The van der Waals surface area contributed by atoms with Crippen molar-refractivity contribution in [3.05, 3.63) is 35.5 Å². The smallest absolute Gasteiger partial charge is 0.0483 e. The maximum Gasteiger partial charge on any atom is 0.0483 e. The summed E-state index contributed by atoms with van der Waals surface area (Å²) in [6.45, 7) is 5.83. The first kappa shape index (κ1) is 10.8. The van der Waals surface area contributed by atoms with Crippen LogP contribution < -0.4 is 0 Å².